The Morgan fingerprint density at radius 3 is 2.11 bits per heavy atom. The highest BCUT2D eigenvalue weighted by Crippen LogP contribution is 2.35. The Balaban J connectivity index is 2.11. The Kier molecular flexibility index (Phi) is 6.52. The van der Waals surface area contributed by atoms with E-state index in [1.807, 2.05) is 19.9 Å². The Hall–Kier alpha value is -1.58. The van der Waals surface area contributed by atoms with E-state index in [0.29, 0.717) is 11.1 Å². The number of aryl methyl sites for hydroxylation is 3. The summed E-state index contributed by atoms with van der Waals surface area (Å²) >= 11 is 5.71. The Labute approximate surface area is 167 Å². The minimum Gasteiger partial charge on any atom is -0.268 e. The van der Waals surface area contributed by atoms with E-state index < -0.39 is 26.9 Å². The molecule has 0 aliphatic carbocycles. The molecule has 2 rings (SSSR count). The molecule has 1 aromatic heterocycles. The van der Waals surface area contributed by atoms with Gasteiger partial charge in [-0.05, 0) is 63.3 Å². The van der Waals surface area contributed by atoms with Gasteiger partial charge in [0.2, 0.25) is 10.0 Å². The lowest BCUT2D eigenvalue weighted by Gasteiger charge is -2.16. The van der Waals surface area contributed by atoms with Crippen LogP contribution in [0.25, 0.3) is 0 Å². The molecule has 0 atom stereocenters. The molecule has 0 saturated carbocycles. The normalized spacial score (nSPS) is 12.6. The molecule has 2 aromatic rings. The largest absolute Gasteiger partial charge is 0.436 e. The van der Waals surface area contributed by atoms with Crippen LogP contribution >= 0.6 is 11.6 Å². The van der Waals surface area contributed by atoms with Crippen LogP contribution in [0.1, 0.15) is 40.1 Å². The van der Waals surface area contributed by atoms with E-state index in [9.17, 15) is 21.6 Å². The van der Waals surface area contributed by atoms with E-state index in [-0.39, 0.29) is 30.1 Å². The third kappa shape index (κ3) is 4.52. The molecule has 156 valence electrons. The number of sulfonamides is 1. The van der Waals surface area contributed by atoms with E-state index >= 15 is 0 Å². The molecule has 28 heavy (non-hydrogen) atoms. The first-order chi connectivity index (χ1) is 12.8. The number of hydrogen-bond donors (Lipinski definition) is 1. The van der Waals surface area contributed by atoms with Gasteiger partial charge in [-0.3, -0.25) is 4.68 Å². The predicted molar refractivity (Wildman–Crippen MR) is 102 cm³/mol. The molecule has 1 N–H and O–H groups in total. The fourth-order valence-electron chi connectivity index (χ4n) is 3.01. The molecule has 0 bridgehead atoms. The fraction of sp³-hybridized carbons (Fsp3) is 0.500. The number of halogens is 4. The maximum absolute atomic E-state index is 12.9. The highest BCUT2D eigenvalue weighted by Gasteiger charge is 2.38. The second kappa shape index (κ2) is 8.04. The van der Waals surface area contributed by atoms with Gasteiger partial charge in [0.25, 0.3) is 0 Å². The van der Waals surface area contributed by atoms with Gasteiger partial charge in [0, 0.05) is 13.1 Å². The van der Waals surface area contributed by atoms with Crippen LogP contribution < -0.4 is 4.72 Å². The SMILES string of the molecule is Cc1cc(C)c(C)c(S(=O)(=O)NCCCn2nc(C(F)(F)F)c(Cl)c2C)c1C. The van der Waals surface area contributed by atoms with Crippen molar-refractivity contribution in [1.82, 2.24) is 14.5 Å². The number of nitrogens with zero attached hydrogens (tertiary/aromatic N) is 2. The Morgan fingerprint density at radius 2 is 1.64 bits per heavy atom. The van der Waals surface area contributed by atoms with Crippen LogP contribution in [-0.2, 0) is 22.7 Å². The summed E-state index contributed by atoms with van der Waals surface area (Å²) in [5.74, 6) is 0. The minimum atomic E-state index is -4.63. The van der Waals surface area contributed by atoms with Gasteiger partial charge in [0.1, 0.15) is 0 Å². The van der Waals surface area contributed by atoms with Gasteiger partial charge >= 0.3 is 6.18 Å². The van der Waals surface area contributed by atoms with E-state index in [0.717, 1.165) is 15.8 Å². The van der Waals surface area contributed by atoms with Gasteiger partial charge in [-0.1, -0.05) is 17.7 Å². The van der Waals surface area contributed by atoms with E-state index in [1.54, 1.807) is 13.8 Å². The first kappa shape index (κ1) is 22.7. The Bertz CT molecular complexity index is 972. The third-order valence-corrected chi connectivity index (χ3v) is 6.99. The molecule has 0 fully saturated rings. The zero-order valence-electron chi connectivity index (χ0n) is 16.3. The molecule has 0 aliphatic heterocycles. The van der Waals surface area contributed by atoms with Crippen molar-refractivity contribution in [2.45, 2.75) is 58.7 Å². The highest BCUT2D eigenvalue weighted by molar-refractivity contribution is 7.89. The van der Waals surface area contributed by atoms with Crippen LogP contribution in [0.15, 0.2) is 11.0 Å². The van der Waals surface area contributed by atoms with Crippen LogP contribution in [0.4, 0.5) is 13.2 Å². The Morgan fingerprint density at radius 1 is 1.11 bits per heavy atom. The summed E-state index contributed by atoms with van der Waals surface area (Å²) in [6.07, 6.45) is -4.37. The molecule has 1 heterocycles. The smallest absolute Gasteiger partial charge is 0.268 e. The lowest BCUT2D eigenvalue weighted by atomic mass is 10.0. The fourth-order valence-corrected chi connectivity index (χ4v) is 4.94. The van der Waals surface area contributed by atoms with Gasteiger partial charge in [-0.2, -0.15) is 18.3 Å². The number of alkyl halides is 3. The molecule has 0 unspecified atom stereocenters. The lowest BCUT2D eigenvalue weighted by Crippen LogP contribution is -2.27. The van der Waals surface area contributed by atoms with Crippen molar-refractivity contribution in [2.24, 2.45) is 0 Å². The van der Waals surface area contributed by atoms with Gasteiger partial charge in [-0.15, -0.1) is 0 Å². The summed E-state index contributed by atoms with van der Waals surface area (Å²) in [7, 11) is -3.74. The number of hydrogen-bond acceptors (Lipinski definition) is 3. The number of aromatic nitrogens is 2. The van der Waals surface area contributed by atoms with Gasteiger partial charge in [-0.25, -0.2) is 13.1 Å². The maximum atomic E-state index is 12.9. The van der Waals surface area contributed by atoms with Crippen LogP contribution in [0.2, 0.25) is 5.02 Å². The summed E-state index contributed by atoms with van der Waals surface area (Å²) in [6.45, 7) is 8.82. The molecule has 0 spiro atoms. The summed E-state index contributed by atoms with van der Waals surface area (Å²) < 4.78 is 67.7. The highest BCUT2D eigenvalue weighted by atomic mass is 35.5. The summed E-state index contributed by atoms with van der Waals surface area (Å²) in [5, 5.41) is 3.07. The van der Waals surface area contributed by atoms with Crippen LogP contribution in [-0.4, -0.2) is 24.7 Å². The molecular formula is C18H23ClF3N3O2S. The molecule has 0 radical (unpaired) electrons. The monoisotopic (exact) mass is 437 g/mol. The molecular weight excluding hydrogens is 415 g/mol. The van der Waals surface area contributed by atoms with Crippen molar-refractivity contribution < 1.29 is 21.6 Å². The predicted octanol–water partition coefficient (Wildman–Crippen LogP) is 4.47. The zero-order chi connectivity index (χ0) is 21.4. The first-order valence-corrected chi connectivity index (χ1v) is 10.5. The van der Waals surface area contributed by atoms with Crippen molar-refractivity contribution in [2.75, 3.05) is 6.54 Å². The van der Waals surface area contributed by atoms with Gasteiger partial charge in [0.15, 0.2) is 5.69 Å². The quantitative estimate of drug-likeness (QED) is 0.678. The summed E-state index contributed by atoms with van der Waals surface area (Å²) in [5.41, 5.74) is 2.18. The number of benzene rings is 1. The lowest BCUT2D eigenvalue weighted by molar-refractivity contribution is -0.141. The maximum Gasteiger partial charge on any atom is 0.436 e. The summed E-state index contributed by atoms with van der Waals surface area (Å²) in [6, 6.07) is 1.94. The second-order valence-electron chi connectivity index (χ2n) is 6.81. The third-order valence-electron chi connectivity index (χ3n) is 4.81. The van der Waals surface area contributed by atoms with E-state index in [1.165, 1.54) is 6.92 Å². The van der Waals surface area contributed by atoms with Gasteiger partial charge in [0.05, 0.1) is 15.6 Å². The van der Waals surface area contributed by atoms with Crippen LogP contribution in [0, 0.1) is 34.6 Å². The molecule has 5 nitrogen and oxygen atoms in total. The van der Waals surface area contributed by atoms with Crippen LogP contribution in [0.3, 0.4) is 0 Å². The standard InChI is InChI=1S/C18H23ClF3N3O2S/c1-10-9-11(2)13(4)16(12(10)3)28(26,27)23-7-6-8-25-14(5)15(19)17(24-25)18(20,21)22/h9,23H,6-8H2,1-5H3. The van der Waals surface area contributed by atoms with Crippen LogP contribution in [0.5, 0.6) is 0 Å². The molecule has 0 saturated heterocycles. The first-order valence-electron chi connectivity index (χ1n) is 8.64. The average molecular weight is 438 g/mol. The number of rotatable bonds is 6. The summed E-state index contributed by atoms with van der Waals surface area (Å²) in [4.78, 5) is 0.252. The molecule has 10 heteroatoms. The van der Waals surface area contributed by atoms with Crippen molar-refractivity contribution in [1.29, 1.82) is 0 Å². The minimum absolute atomic E-state index is 0.0620. The van der Waals surface area contributed by atoms with Crippen molar-refractivity contribution >= 4 is 21.6 Å². The zero-order valence-corrected chi connectivity index (χ0v) is 17.9. The van der Waals surface area contributed by atoms with Crippen molar-refractivity contribution in [3.8, 4) is 0 Å². The number of nitrogens with one attached hydrogen (secondary N) is 1. The average Bonchev–Trinajstić information content (AvgIpc) is 2.85. The van der Waals surface area contributed by atoms with E-state index in [4.69, 9.17) is 11.6 Å². The molecule has 1 aromatic carbocycles. The molecule has 0 amide bonds. The molecule has 0 aliphatic rings. The van der Waals surface area contributed by atoms with Gasteiger partial charge < -0.3 is 0 Å². The van der Waals surface area contributed by atoms with E-state index in [2.05, 4.69) is 9.82 Å². The second-order valence-corrected chi connectivity index (χ2v) is 8.89. The van der Waals surface area contributed by atoms with Crippen molar-refractivity contribution in [3.05, 3.63) is 44.7 Å². The topological polar surface area (TPSA) is 64.0 Å². The van der Waals surface area contributed by atoms with Crippen molar-refractivity contribution in [3.63, 3.8) is 0 Å².